The van der Waals surface area contributed by atoms with Gasteiger partial charge in [-0.2, -0.15) is 0 Å². The van der Waals surface area contributed by atoms with Gasteiger partial charge in [0, 0.05) is 21.2 Å². The molecule has 2 N–H and O–H groups in total. The topological polar surface area (TPSA) is 27.3 Å². The van der Waals surface area contributed by atoms with E-state index in [2.05, 4.69) is 128 Å². The van der Waals surface area contributed by atoms with Crippen LogP contribution in [0.3, 0.4) is 0 Å². The molecule has 0 aliphatic rings. The van der Waals surface area contributed by atoms with Crippen LogP contribution >= 0.6 is 38.5 Å². The molecule has 0 unspecified atom stereocenters. The number of nitrogens with one attached hydrogen (secondary N) is 2. The molecule has 25 heavy (non-hydrogen) atoms. The van der Waals surface area contributed by atoms with Crippen LogP contribution in [-0.4, -0.2) is 44.6 Å². The second-order valence-electron chi connectivity index (χ2n) is 8.56. The summed E-state index contributed by atoms with van der Waals surface area (Å²) in [6, 6.07) is 0. The lowest BCUT2D eigenvalue weighted by Crippen LogP contribution is -2.41. The highest BCUT2D eigenvalue weighted by Gasteiger charge is 2.18. The molecule has 5 heteroatoms. The summed E-state index contributed by atoms with van der Waals surface area (Å²) in [6.07, 6.45) is 10.4. The van der Waals surface area contributed by atoms with Crippen molar-refractivity contribution in [2.75, 3.05) is 23.1 Å². The third kappa shape index (κ3) is 29.2. The number of hydrogen-bond donors (Lipinski definition) is 2. The van der Waals surface area contributed by atoms with Crippen molar-refractivity contribution in [2.24, 2.45) is 0 Å². The first-order valence-corrected chi connectivity index (χ1v) is 11.0. The van der Waals surface area contributed by atoms with Crippen molar-refractivity contribution in [2.45, 2.75) is 78.9 Å². The van der Waals surface area contributed by atoms with Crippen LogP contribution in [0.5, 0.6) is 0 Å². The van der Waals surface area contributed by atoms with Crippen LogP contribution in [0.1, 0.15) is 62.3 Å². The molecule has 3 nitrogen and oxygen atoms in total. The Bertz CT molecular complexity index is 358. The van der Waals surface area contributed by atoms with E-state index < -0.39 is 0 Å². The number of rotatable bonds is 4. The number of alkyl halides is 2. The maximum atomic E-state index is 5.20. The van der Waals surface area contributed by atoms with E-state index in [4.69, 9.17) is 12.8 Å². The van der Waals surface area contributed by atoms with E-state index in [1.807, 2.05) is 0 Å². The molecule has 148 valence electrons. The lowest BCUT2D eigenvalue weighted by molar-refractivity contribution is 0.179. The van der Waals surface area contributed by atoms with E-state index in [1.54, 1.807) is 0 Å². The molecule has 0 saturated carbocycles. The standard InChI is InChI=1S/C10H15N.C5H12BrN.C5H12IN/c1-6-8-11(9-7-2)10(3,4)5;2*1-5(2,3)7-4-6/h1-2H,8-9H2,3-5H3;2*7H,4H2,1-3H3. The van der Waals surface area contributed by atoms with E-state index in [9.17, 15) is 0 Å². The van der Waals surface area contributed by atoms with Crippen LogP contribution in [0.25, 0.3) is 0 Å². The first kappa shape index (κ1) is 30.0. The minimum Gasteiger partial charge on any atom is -0.303 e. The molecule has 0 aliphatic carbocycles. The fourth-order valence-corrected chi connectivity index (χ4v) is 3.14. The molecule has 0 fully saturated rings. The highest BCUT2D eigenvalue weighted by molar-refractivity contribution is 14.1. The molecule has 0 aromatic carbocycles. The minimum absolute atomic E-state index is 0.0682. The van der Waals surface area contributed by atoms with Crippen molar-refractivity contribution in [3.05, 3.63) is 0 Å². The predicted octanol–water partition coefficient (Wildman–Crippen LogP) is 4.85. The summed E-state index contributed by atoms with van der Waals surface area (Å²) in [7, 11) is 0. The average Bonchev–Trinajstić information content (AvgIpc) is 2.36. The van der Waals surface area contributed by atoms with E-state index in [0.29, 0.717) is 18.6 Å². The predicted molar refractivity (Wildman–Crippen MR) is 127 cm³/mol. The van der Waals surface area contributed by atoms with Crippen molar-refractivity contribution >= 4 is 38.5 Å². The third-order valence-corrected chi connectivity index (χ3v) is 3.37. The smallest absolute Gasteiger partial charge is 0.0612 e. The fourth-order valence-electron chi connectivity index (χ4n) is 1.15. The van der Waals surface area contributed by atoms with Gasteiger partial charge >= 0.3 is 0 Å². The van der Waals surface area contributed by atoms with Gasteiger partial charge in [0.1, 0.15) is 0 Å². The average molecular weight is 528 g/mol. The molecule has 0 heterocycles. The Morgan fingerprint density at radius 2 is 1.20 bits per heavy atom. The van der Waals surface area contributed by atoms with Gasteiger partial charge in [-0.3, -0.25) is 4.90 Å². The third-order valence-electron chi connectivity index (χ3n) is 2.71. The Morgan fingerprint density at radius 1 is 0.840 bits per heavy atom. The molecule has 0 aromatic heterocycles. The van der Waals surface area contributed by atoms with Crippen LogP contribution in [0.2, 0.25) is 0 Å². The fraction of sp³-hybridized carbons (Fsp3) is 0.800. The van der Waals surface area contributed by atoms with Gasteiger partial charge in [0.2, 0.25) is 0 Å². The van der Waals surface area contributed by atoms with E-state index in [1.165, 1.54) is 0 Å². The van der Waals surface area contributed by atoms with Gasteiger partial charge in [-0.15, -0.1) is 12.8 Å². The number of nitrogens with zero attached hydrogens (tertiary/aromatic N) is 1. The van der Waals surface area contributed by atoms with Gasteiger partial charge in [-0.25, -0.2) is 0 Å². The van der Waals surface area contributed by atoms with Gasteiger partial charge in [0.15, 0.2) is 0 Å². The van der Waals surface area contributed by atoms with E-state index >= 15 is 0 Å². The maximum Gasteiger partial charge on any atom is 0.0612 e. The molecule has 0 aliphatic heterocycles. The Kier molecular flexibility index (Phi) is 18.3. The van der Waals surface area contributed by atoms with Crippen LogP contribution in [0.15, 0.2) is 0 Å². The normalized spacial score (nSPS) is 11.4. The summed E-state index contributed by atoms with van der Waals surface area (Å²) in [5.74, 6) is 5.18. The summed E-state index contributed by atoms with van der Waals surface area (Å²) < 4.78 is 1.03. The van der Waals surface area contributed by atoms with Gasteiger partial charge in [0.25, 0.3) is 0 Å². The summed E-state index contributed by atoms with van der Waals surface area (Å²) in [5, 5.41) is 6.47. The highest BCUT2D eigenvalue weighted by atomic mass is 127. The lowest BCUT2D eigenvalue weighted by Gasteiger charge is -2.32. The first-order chi connectivity index (χ1) is 11.1. The zero-order valence-corrected chi connectivity index (χ0v) is 21.4. The summed E-state index contributed by atoms with van der Waals surface area (Å²) in [6.45, 7) is 20.4. The Balaban J connectivity index is -0.000000304. The molecular weight excluding hydrogens is 489 g/mol. The summed E-state index contributed by atoms with van der Waals surface area (Å²) in [5.41, 5.74) is 1.49. The summed E-state index contributed by atoms with van der Waals surface area (Å²) >= 11 is 5.58. The molecule has 0 rings (SSSR count). The van der Waals surface area contributed by atoms with Crippen molar-refractivity contribution in [3.63, 3.8) is 0 Å². The summed E-state index contributed by atoms with van der Waals surface area (Å²) in [4.78, 5) is 2.08. The van der Waals surface area contributed by atoms with Crippen LogP contribution in [0.4, 0.5) is 0 Å². The number of halogens is 2. The van der Waals surface area contributed by atoms with E-state index in [-0.39, 0.29) is 11.1 Å². The monoisotopic (exact) mass is 527 g/mol. The number of hydrogen-bond acceptors (Lipinski definition) is 3. The Labute approximate surface area is 180 Å². The second kappa shape index (κ2) is 15.3. The zero-order valence-electron chi connectivity index (χ0n) is 17.7. The van der Waals surface area contributed by atoms with Gasteiger partial charge in [0.05, 0.1) is 18.5 Å². The highest BCUT2D eigenvalue weighted by Crippen LogP contribution is 2.10. The Morgan fingerprint density at radius 3 is 1.28 bits per heavy atom. The van der Waals surface area contributed by atoms with Crippen molar-refractivity contribution in [3.8, 4) is 24.7 Å². The van der Waals surface area contributed by atoms with Gasteiger partial charge in [-0.1, -0.05) is 50.4 Å². The zero-order chi connectivity index (χ0) is 20.7. The van der Waals surface area contributed by atoms with Crippen molar-refractivity contribution in [1.29, 1.82) is 0 Å². The van der Waals surface area contributed by atoms with Crippen molar-refractivity contribution in [1.82, 2.24) is 15.5 Å². The minimum atomic E-state index is 0.0682. The molecule has 0 bridgehead atoms. The van der Waals surface area contributed by atoms with E-state index in [0.717, 1.165) is 10.0 Å². The second-order valence-corrected chi connectivity index (χ2v) is 9.88. The van der Waals surface area contributed by atoms with Gasteiger partial charge in [-0.05, 0) is 62.3 Å². The molecule has 0 saturated heterocycles. The van der Waals surface area contributed by atoms with Crippen molar-refractivity contribution < 1.29 is 0 Å². The molecule has 0 aromatic rings. The Hall–Kier alpha value is 0.210. The maximum absolute atomic E-state index is 5.20. The van der Waals surface area contributed by atoms with Gasteiger partial charge < -0.3 is 10.6 Å². The van der Waals surface area contributed by atoms with Crippen LogP contribution < -0.4 is 10.6 Å². The molecular formula is C20H39BrIN3. The molecule has 0 radical (unpaired) electrons. The van der Waals surface area contributed by atoms with Crippen LogP contribution in [0, 0.1) is 24.7 Å². The SMILES string of the molecule is C#CCN(CC#C)C(C)(C)C.CC(C)(C)NCBr.CC(C)(C)NCI. The molecule has 0 spiro atoms. The molecule has 0 amide bonds. The van der Waals surface area contributed by atoms with Crippen LogP contribution in [-0.2, 0) is 0 Å². The first-order valence-electron chi connectivity index (χ1n) is 8.38. The largest absolute Gasteiger partial charge is 0.303 e. The molecule has 0 atom stereocenters. The quantitative estimate of drug-likeness (QED) is 0.237. The lowest BCUT2D eigenvalue weighted by atomic mass is 10.1. The number of terminal acetylenes is 2.